The van der Waals surface area contributed by atoms with Crippen molar-refractivity contribution in [2.24, 2.45) is 0 Å². The van der Waals surface area contributed by atoms with Gasteiger partial charge in [-0.25, -0.2) is 0 Å². The average Bonchev–Trinajstić information content (AvgIpc) is 2.70. The van der Waals surface area contributed by atoms with Crippen LogP contribution in [0.15, 0.2) is 36.4 Å². The number of rotatable bonds is 1. The van der Waals surface area contributed by atoms with Crippen molar-refractivity contribution in [3.05, 3.63) is 47.5 Å². The predicted molar refractivity (Wildman–Crippen MR) is 84.6 cm³/mol. The van der Waals surface area contributed by atoms with Crippen molar-refractivity contribution in [1.82, 2.24) is 4.57 Å². The van der Waals surface area contributed by atoms with Crippen molar-refractivity contribution < 1.29 is 4.79 Å². The second kappa shape index (κ2) is 4.48. The zero-order valence-electron chi connectivity index (χ0n) is 12.4. The third-order valence-electron chi connectivity index (χ3n) is 4.00. The molecule has 0 unspecified atom stereocenters. The molecule has 102 valence electrons. The second-order valence-electron chi connectivity index (χ2n) is 5.75. The third-order valence-corrected chi connectivity index (χ3v) is 4.00. The predicted octanol–water partition coefficient (Wildman–Crippen LogP) is 4.89. The molecule has 3 aromatic rings. The number of aryl methyl sites for hydroxylation is 1. The topological polar surface area (TPSA) is 22.0 Å². The summed E-state index contributed by atoms with van der Waals surface area (Å²) < 4.78 is 1.82. The maximum atomic E-state index is 12.0. The van der Waals surface area contributed by atoms with Gasteiger partial charge in [-0.2, -0.15) is 0 Å². The van der Waals surface area contributed by atoms with Gasteiger partial charge in [-0.1, -0.05) is 32.0 Å². The van der Waals surface area contributed by atoms with E-state index in [2.05, 4.69) is 39.0 Å². The fraction of sp³-hybridized carbons (Fsp3) is 0.278. The van der Waals surface area contributed by atoms with Crippen LogP contribution in [0.2, 0.25) is 0 Å². The van der Waals surface area contributed by atoms with E-state index in [1.54, 1.807) is 6.92 Å². The van der Waals surface area contributed by atoms with E-state index >= 15 is 0 Å². The molecular weight excluding hydrogens is 246 g/mol. The molecule has 2 nitrogen and oxygen atoms in total. The van der Waals surface area contributed by atoms with Crippen LogP contribution in [0.4, 0.5) is 0 Å². The van der Waals surface area contributed by atoms with Crippen molar-refractivity contribution in [2.45, 2.75) is 33.6 Å². The standard InChI is InChI=1S/C18H19NO/c1-11(2)15-10-16-14-7-5-6-8-17(14)19(13(4)20)18(16)9-12(15)3/h5-11H,1-4H3. The lowest BCUT2D eigenvalue weighted by Crippen LogP contribution is -2.05. The summed E-state index contributed by atoms with van der Waals surface area (Å²) in [5, 5.41) is 2.32. The van der Waals surface area contributed by atoms with Crippen LogP contribution in [0.25, 0.3) is 21.8 Å². The van der Waals surface area contributed by atoms with E-state index in [0.717, 1.165) is 16.4 Å². The quantitative estimate of drug-likeness (QED) is 0.614. The van der Waals surface area contributed by atoms with E-state index in [1.807, 2.05) is 22.8 Å². The van der Waals surface area contributed by atoms with E-state index < -0.39 is 0 Å². The Morgan fingerprint density at radius 1 is 1.05 bits per heavy atom. The van der Waals surface area contributed by atoms with E-state index in [-0.39, 0.29) is 5.91 Å². The summed E-state index contributed by atoms with van der Waals surface area (Å²) in [7, 11) is 0. The van der Waals surface area contributed by atoms with Crippen LogP contribution >= 0.6 is 0 Å². The van der Waals surface area contributed by atoms with Crippen molar-refractivity contribution >= 4 is 27.7 Å². The molecule has 1 heterocycles. The summed E-state index contributed by atoms with van der Waals surface area (Å²) in [6.45, 7) is 8.16. The van der Waals surface area contributed by atoms with Gasteiger partial charge in [0, 0.05) is 17.7 Å². The first kappa shape index (κ1) is 12.9. The van der Waals surface area contributed by atoms with Crippen molar-refractivity contribution in [1.29, 1.82) is 0 Å². The first-order chi connectivity index (χ1) is 9.50. The Kier molecular flexibility index (Phi) is 2.89. The molecule has 0 aliphatic carbocycles. The molecule has 0 N–H and O–H groups in total. The summed E-state index contributed by atoms with van der Waals surface area (Å²) in [5.74, 6) is 0.548. The molecule has 0 bridgehead atoms. The molecule has 1 aromatic heterocycles. The number of fused-ring (bicyclic) bond motifs is 3. The highest BCUT2D eigenvalue weighted by atomic mass is 16.1. The lowest BCUT2D eigenvalue weighted by atomic mass is 9.96. The monoisotopic (exact) mass is 265 g/mol. The zero-order chi connectivity index (χ0) is 14.4. The second-order valence-corrected chi connectivity index (χ2v) is 5.75. The Morgan fingerprint density at radius 2 is 1.75 bits per heavy atom. The first-order valence-corrected chi connectivity index (χ1v) is 7.05. The van der Waals surface area contributed by atoms with Gasteiger partial charge < -0.3 is 0 Å². The highest BCUT2D eigenvalue weighted by Crippen LogP contribution is 2.33. The summed E-state index contributed by atoms with van der Waals surface area (Å²) >= 11 is 0. The fourth-order valence-electron chi connectivity index (χ4n) is 3.10. The van der Waals surface area contributed by atoms with Crippen LogP contribution in [0.1, 0.15) is 42.6 Å². The molecule has 0 radical (unpaired) electrons. The number of carbonyl (C=O) groups excluding carboxylic acids is 1. The van der Waals surface area contributed by atoms with Crippen molar-refractivity contribution in [2.75, 3.05) is 0 Å². The van der Waals surface area contributed by atoms with Crippen LogP contribution in [0.3, 0.4) is 0 Å². The summed E-state index contributed by atoms with van der Waals surface area (Å²) in [6.07, 6.45) is 0. The largest absolute Gasteiger partial charge is 0.280 e. The molecule has 0 aliphatic heterocycles. The SMILES string of the molecule is CC(=O)n1c2ccccc2c2cc(C(C)C)c(C)cc21. The Hall–Kier alpha value is -2.09. The number of benzene rings is 2. The van der Waals surface area contributed by atoms with Crippen molar-refractivity contribution in [3.63, 3.8) is 0 Å². The lowest BCUT2D eigenvalue weighted by Gasteiger charge is -2.10. The zero-order valence-corrected chi connectivity index (χ0v) is 12.4. The summed E-state index contributed by atoms with van der Waals surface area (Å²) in [5.41, 5.74) is 4.61. The molecule has 2 heteroatoms. The van der Waals surface area contributed by atoms with E-state index in [0.29, 0.717) is 5.92 Å². The minimum absolute atomic E-state index is 0.0629. The first-order valence-electron chi connectivity index (χ1n) is 7.05. The minimum atomic E-state index is 0.0629. The van der Waals surface area contributed by atoms with Gasteiger partial charge in [0.05, 0.1) is 11.0 Å². The molecule has 0 saturated carbocycles. The van der Waals surface area contributed by atoms with Crippen molar-refractivity contribution in [3.8, 4) is 0 Å². The van der Waals surface area contributed by atoms with E-state index in [4.69, 9.17) is 0 Å². The molecule has 3 rings (SSSR count). The van der Waals surface area contributed by atoms with Gasteiger partial charge >= 0.3 is 0 Å². The number of para-hydroxylation sites is 1. The number of carbonyl (C=O) groups is 1. The average molecular weight is 265 g/mol. The molecule has 0 atom stereocenters. The summed E-state index contributed by atoms with van der Waals surface area (Å²) in [4.78, 5) is 12.0. The van der Waals surface area contributed by atoms with Gasteiger partial charge in [0.25, 0.3) is 0 Å². The molecule has 0 spiro atoms. The van der Waals surface area contributed by atoms with Gasteiger partial charge in [-0.05, 0) is 42.2 Å². The van der Waals surface area contributed by atoms with Gasteiger partial charge in [-0.15, -0.1) is 0 Å². The number of hydrogen-bond donors (Lipinski definition) is 0. The maximum absolute atomic E-state index is 12.0. The van der Waals surface area contributed by atoms with Gasteiger partial charge in [0.2, 0.25) is 5.91 Å². The molecule has 0 aliphatic rings. The Labute approximate surface area is 119 Å². The molecule has 0 amide bonds. The van der Waals surface area contributed by atoms with Crippen LogP contribution in [0, 0.1) is 6.92 Å². The summed E-state index contributed by atoms with van der Waals surface area (Å²) in [6, 6.07) is 12.5. The number of aromatic nitrogens is 1. The highest BCUT2D eigenvalue weighted by Gasteiger charge is 2.15. The molecule has 0 saturated heterocycles. The van der Waals surface area contributed by atoms with E-state index in [1.165, 1.54) is 16.5 Å². The van der Waals surface area contributed by atoms with Crippen LogP contribution in [-0.4, -0.2) is 10.5 Å². The normalized spacial score (nSPS) is 11.7. The maximum Gasteiger partial charge on any atom is 0.228 e. The Balaban J connectivity index is 2.53. The molecule has 0 fully saturated rings. The van der Waals surface area contributed by atoms with Gasteiger partial charge in [0.1, 0.15) is 0 Å². The van der Waals surface area contributed by atoms with Crippen LogP contribution in [0.5, 0.6) is 0 Å². The van der Waals surface area contributed by atoms with E-state index in [9.17, 15) is 4.79 Å². The van der Waals surface area contributed by atoms with Crippen LogP contribution in [-0.2, 0) is 0 Å². The molecule has 2 aromatic carbocycles. The highest BCUT2D eigenvalue weighted by molar-refractivity contribution is 6.13. The Morgan fingerprint density at radius 3 is 2.40 bits per heavy atom. The lowest BCUT2D eigenvalue weighted by molar-refractivity contribution is 0.0946. The minimum Gasteiger partial charge on any atom is -0.280 e. The number of hydrogen-bond acceptors (Lipinski definition) is 1. The molecule has 20 heavy (non-hydrogen) atoms. The molecular formula is C18H19NO. The Bertz CT molecular complexity index is 824. The smallest absolute Gasteiger partial charge is 0.228 e. The van der Waals surface area contributed by atoms with Gasteiger partial charge in [0.15, 0.2) is 0 Å². The third kappa shape index (κ3) is 1.75. The fourth-order valence-corrected chi connectivity index (χ4v) is 3.10. The van der Waals surface area contributed by atoms with Gasteiger partial charge in [-0.3, -0.25) is 9.36 Å². The van der Waals surface area contributed by atoms with Crippen LogP contribution < -0.4 is 0 Å². The number of nitrogens with zero attached hydrogens (tertiary/aromatic N) is 1.